The van der Waals surface area contributed by atoms with E-state index in [1.165, 1.54) is 11.1 Å². The van der Waals surface area contributed by atoms with Crippen molar-refractivity contribution in [1.82, 2.24) is 35.3 Å². The van der Waals surface area contributed by atoms with Gasteiger partial charge in [-0.05, 0) is 41.5 Å². The molecule has 156 valence electrons. The molecule has 0 unspecified atom stereocenters. The Balaban J connectivity index is 1.25. The van der Waals surface area contributed by atoms with Crippen LogP contribution >= 0.6 is 0 Å². The third-order valence-corrected chi connectivity index (χ3v) is 5.37. The second kappa shape index (κ2) is 9.49. The van der Waals surface area contributed by atoms with Gasteiger partial charge >= 0.3 is 6.03 Å². The number of hydrogen-bond acceptors (Lipinski definition) is 5. The van der Waals surface area contributed by atoms with Gasteiger partial charge in [-0.25, -0.2) is 4.79 Å². The van der Waals surface area contributed by atoms with Crippen molar-refractivity contribution in [3.63, 3.8) is 0 Å². The number of carbonyl (C=O) groups is 1. The minimum atomic E-state index is 0.00932. The van der Waals surface area contributed by atoms with Crippen LogP contribution in [0.25, 0.3) is 5.69 Å². The standard InChI is InChI=1S/C22H27N7O/c1-18-7-9-20(10-8-18)29-21(24-25-26-29)17-27-13-15-28(16-14-27)22(30)23-12-11-19-5-3-2-4-6-19/h2-10H,11-17H2,1H3,(H,23,30). The van der Waals surface area contributed by atoms with E-state index in [0.717, 1.165) is 31.0 Å². The average Bonchev–Trinajstić information content (AvgIpc) is 3.23. The average molecular weight is 406 g/mol. The first-order chi connectivity index (χ1) is 14.7. The molecule has 0 atom stereocenters. The van der Waals surface area contributed by atoms with Crippen LogP contribution in [0.4, 0.5) is 4.79 Å². The van der Waals surface area contributed by atoms with Crippen LogP contribution in [0.2, 0.25) is 0 Å². The first-order valence-corrected chi connectivity index (χ1v) is 10.3. The van der Waals surface area contributed by atoms with Crippen molar-refractivity contribution < 1.29 is 4.79 Å². The van der Waals surface area contributed by atoms with Crippen LogP contribution in [0.3, 0.4) is 0 Å². The predicted octanol–water partition coefficient (Wildman–Crippen LogP) is 2.04. The van der Waals surface area contributed by atoms with Gasteiger partial charge in [0.05, 0.1) is 12.2 Å². The summed E-state index contributed by atoms with van der Waals surface area (Å²) in [5, 5.41) is 15.2. The fourth-order valence-corrected chi connectivity index (χ4v) is 3.57. The number of piperazine rings is 1. The third kappa shape index (κ3) is 5.01. The Labute approximate surface area is 176 Å². The summed E-state index contributed by atoms with van der Waals surface area (Å²) in [6.45, 7) is 6.35. The van der Waals surface area contributed by atoms with Gasteiger partial charge in [0.25, 0.3) is 0 Å². The molecule has 1 N–H and O–H groups in total. The maximum atomic E-state index is 12.4. The summed E-state index contributed by atoms with van der Waals surface area (Å²) >= 11 is 0. The van der Waals surface area contributed by atoms with Crippen LogP contribution in [0, 0.1) is 6.92 Å². The summed E-state index contributed by atoms with van der Waals surface area (Å²) in [7, 11) is 0. The Morgan fingerprint density at radius 2 is 1.73 bits per heavy atom. The Hall–Kier alpha value is -3.26. The Morgan fingerprint density at radius 1 is 1.00 bits per heavy atom. The van der Waals surface area contributed by atoms with Gasteiger partial charge in [0.15, 0.2) is 5.82 Å². The van der Waals surface area contributed by atoms with E-state index >= 15 is 0 Å². The fraction of sp³-hybridized carbons (Fsp3) is 0.364. The lowest BCUT2D eigenvalue weighted by molar-refractivity contribution is 0.133. The molecule has 8 nitrogen and oxygen atoms in total. The van der Waals surface area contributed by atoms with Gasteiger partial charge in [-0.1, -0.05) is 48.0 Å². The van der Waals surface area contributed by atoms with Crippen molar-refractivity contribution in [2.75, 3.05) is 32.7 Å². The highest BCUT2D eigenvalue weighted by molar-refractivity contribution is 5.74. The van der Waals surface area contributed by atoms with Crippen LogP contribution in [0.15, 0.2) is 54.6 Å². The molecule has 1 aliphatic rings. The Morgan fingerprint density at radius 3 is 2.47 bits per heavy atom. The van der Waals surface area contributed by atoms with E-state index in [4.69, 9.17) is 0 Å². The largest absolute Gasteiger partial charge is 0.338 e. The molecule has 8 heteroatoms. The van der Waals surface area contributed by atoms with Crippen molar-refractivity contribution in [2.45, 2.75) is 19.9 Å². The van der Waals surface area contributed by atoms with E-state index in [-0.39, 0.29) is 6.03 Å². The van der Waals surface area contributed by atoms with Crippen molar-refractivity contribution in [1.29, 1.82) is 0 Å². The molecule has 0 saturated carbocycles. The van der Waals surface area contributed by atoms with E-state index in [9.17, 15) is 4.79 Å². The van der Waals surface area contributed by atoms with E-state index in [2.05, 4.69) is 56.9 Å². The van der Waals surface area contributed by atoms with Gasteiger partial charge in [-0.3, -0.25) is 4.90 Å². The number of benzene rings is 2. The molecule has 0 bridgehead atoms. The molecule has 3 aromatic rings. The smallest absolute Gasteiger partial charge is 0.317 e. The molecular weight excluding hydrogens is 378 g/mol. The first kappa shape index (κ1) is 20.0. The molecule has 2 heterocycles. The fourth-order valence-electron chi connectivity index (χ4n) is 3.57. The number of nitrogens with one attached hydrogen (secondary N) is 1. The van der Waals surface area contributed by atoms with Gasteiger partial charge in [-0.15, -0.1) is 5.10 Å². The van der Waals surface area contributed by atoms with Crippen LogP contribution < -0.4 is 5.32 Å². The number of rotatable bonds is 6. The number of amides is 2. The number of hydrogen-bond donors (Lipinski definition) is 1. The Kier molecular flexibility index (Phi) is 6.34. The number of aryl methyl sites for hydroxylation is 1. The van der Waals surface area contributed by atoms with Gasteiger partial charge in [0, 0.05) is 32.7 Å². The number of aromatic nitrogens is 4. The molecule has 0 spiro atoms. The summed E-state index contributed by atoms with van der Waals surface area (Å²) in [6.07, 6.45) is 0.841. The molecule has 0 aliphatic carbocycles. The van der Waals surface area contributed by atoms with Crippen molar-refractivity contribution >= 4 is 6.03 Å². The number of urea groups is 1. The van der Waals surface area contributed by atoms with Crippen molar-refractivity contribution in [3.8, 4) is 5.69 Å². The molecule has 1 aromatic heterocycles. The molecule has 2 amide bonds. The minimum absolute atomic E-state index is 0.00932. The number of tetrazole rings is 1. The summed E-state index contributed by atoms with van der Waals surface area (Å²) in [4.78, 5) is 16.6. The number of carbonyl (C=O) groups excluding carboxylic acids is 1. The lowest BCUT2D eigenvalue weighted by Gasteiger charge is -2.34. The molecule has 0 radical (unpaired) electrons. The molecule has 1 saturated heterocycles. The molecule has 1 fully saturated rings. The highest BCUT2D eigenvalue weighted by Gasteiger charge is 2.22. The zero-order valence-electron chi connectivity index (χ0n) is 17.2. The molecule has 2 aromatic carbocycles. The van der Waals surface area contributed by atoms with E-state index < -0.39 is 0 Å². The minimum Gasteiger partial charge on any atom is -0.338 e. The lowest BCUT2D eigenvalue weighted by Crippen LogP contribution is -2.51. The summed E-state index contributed by atoms with van der Waals surface area (Å²) in [5.74, 6) is 0.805. The Bertz CT molecular complexity index is 947. The lowest BCUT2D eigenvalue weighted by atomic mass is 10.1. The SMILES string of the molecule is Cc1ccc(-n2nnnc2CN2CCN(C(=O)NCCc3ccccc3)CC2)cc1. The van der Waals surface area contributed by atoms with Crippen molar-refractivity contribution in [3.05, 3.63) is 71.5 Å². The molecular formula is C22H27N7O. The van der Waals surface area contributed by atoms with Crippen LogP contribution in [-0.2, 0) is 13.0 Å². The maximum Gasteiger partial charge on any atom is 0.317 e. The molecule has 1 aliphatic heterocycles. The van der Waals surface area contributed by atoms with Gasteiger partial charge in [0.2, 0.25) is 0 Å². The van der Waals surface area contributed by atoms with Gasteiger partial charge < -0.3 is 10.2 Å². The summed E-state index contributed by atoms with van der Waals surface area (Å²) < 4.78 is 1.78. The summed E-state index contributed by atoms with van der Waals surface area (Å²) in [5.41, 5.74) is 3.39. The van der Waals surface area contributed by atoms with Gasteiger partial charge in [-0.2, -0.15) is 4.68 Å². The summed E-state index contributed by atoms with van der Waals surface area (Å²) in [6, 6.07) is 18.4. The highest BCUT2D eigenvalue weighted by atomic mass is 16.2. The molecule has 4 rings (SSSR count). The third-order valence-electron chi connectivity index (χ3n) is 5.37. The topological polar surface area (TPSA) is 79.2 Å². The second-order valence-electron chi connectivity index (χ2n) is 7.57. The second-order valence-corrected chi connectivity index (χ2v) is 7.57. The molecule has 30 heavy (non-hydrogen) atoms. The quantitative estimate of drug-likeness (QED) is 0.679. The van der Waals surface area contributed by atoms with E-state index in [1.54, 1.807) is 4.68 Å². The van der Waals surface area contributed by atoms with Gasteiger partial charge in [0.1, 0.15) is 0 Å². The predicted molar refractivity (Wildman–Crippen MR) is 114 cm³/mol. The first-order valence-electron chi connectivity index (χ1n) is 10.3. The number of nitrogens with zero attached hydrogens (tertiary/aromatic N) is 6. The van der Waals surface area contributed by atoms with Crippen LogP contribution in [0.5, 0.6) is 0 Å². The van der Waals surface area contributed by atoms with Crippen LogP contribution in [-0.4, -0.2) is 68.8 Å². The monoisotopic (exact) mass is 405 g/mol. The zero-order chi connectivity index (χ0) is 20.8. The van der Waals surface area contributed by atoms with E-state index in [1.807, 2.05) is 35.2 Å². The van der Waals surface area contributed by atoms with Crippen molar-refractivity contribution in [2.24, 2.45) is 0 Å². The van der Waals surface area contributed by atoms with E-state index in [0.29, 0.717) is 26.2 Å². The maximum absolute atomic E-state index is 12.4. The highest BCUT2D eigenvalue weighted by Crippen LogP contribution is 2.12. The van der Waals surface area contributed by atoms with Crippen LogP contribution in [0.1, 0.15) is 17.0 Å². The normalized spacial score (nSPS) is 14.6. The zero-order valence-corrected chi connectivity index (χ0v) is 17.2.